The number of nitrogen functional groups attached to an aromatic ring is 1. The van der Waals surface area contributed by atoms with Gasteiger partial charge in [0.2, 0.25) is 0 Å². The van der Waals surface area contributed by atoms with Gasteiger partial charge in [0.15, 0.2) is 11.5 Å². The van der Waals surface area contributed by atoms with Crippen molar-refractivity contribution in [3.8, 4) is 11.4 Å². The molecule has 0 aliphatic carbocycles. The number of rotatable bonds is 2. The van der Waals surface area contributed by atoms with Gasteiger partial charge in [-0.15, -0.1) is 5.10 Å². The Morgan fingerprint density at radius 1 is 1.08 bits per heavy atom. The van der Waals surface area contributed by atoms with E-state index >= 15 is 0 Å². The van der Waals surface area contributed by atoms with E-state index in [1.807, 2.05) is 35.2 Å². The molecule has 2 aromatic heterocycles. The van der Waals surface area contributed by atoms with Gasteiger partial charge >= 0.3 is 0 Å². The van der Waals surface area contributed by atoms with Crippen LogP contribution in [0.1, 0.15) is 10.4 Å². The molecular formula is C18H20N6O. The summed E-state index contributed by atoms with van der Waals surface area (Å²) in [7, 11) is 2.06. The van der Waals surface area contributed by atoms with Gasteiger partial charge in [-0.05, 0) is 19.2 Å². The Labute approximate surface area is 145 Å². The van der Waals surface area contributed by atoms with E-state index in [4.69, 9.17) is 5.73 Å². The highest BCUT2D eigenvalue weighted by molar-refractivity contribution is 5.96. The van der Waals surface area contributed by atoms with Gasteiger partial charge in [0.1, 0.15) is 5.82 Å². The topological polar surface area (TPSA) is 79.8 Å². The summed E-state index contributed by atoms with van der Waals surface area (Å²) in [5.74, 6) is 0.993. The van der Waals surface area contributed by atoms with Gasteiger partial charge in [0.25, 0.3) is 5.91 Å². The number of nitrogens with zero attached hydrogens (tertiary/aromatic N) is 5. The molecule has 0 spiro atoms. The summed E-state index contributed by atoms with van der Waals surface area (Å²) in [4.78, 5) is 21.4. The first kappa shape index (κ1) is 15.6. The van der Waals surface area contributed by atoms with E-state index in [-0.39, 0.29) is 5.91 Å². The van der Waals surface area contributed by atoms with Crippen molar-refractivity contribution in [1.82, 2.24) is 24.4 Å². The third kappa shape index (κ3) is 2.94. The quantitative estimate of drug-likeness (QED) is 0.764. The Bertz CT molecular complexity index is 912. The van der Waals surface area contributed by atoms with Crippen LogP contribution in [0, 0.1) is 0 Å². The first-order valence-corrected chi connectivity index (χ1v) is 8.31. The monoisotopic (exact) mass is 336 g/mol. The number of anilines is 1. The van der Waals surface area contributed by atoms with E-state index in [0.29, 0.717) is 22.9 Å². The Morgan fingerprint density at radius 3 is 2.52 bits per heavy atom. The van der Waals surface area contributed by atoms with Crippen LogP contribution >= 0.6 is 0 Å². The Balaban J connectivity index is 1.68. The fourth-order valence-corrected chi connectivity index (χ4v) is 3.03. The number of nitrogens with two attached hydrogens (primary N) is 1. The van der Waals surface area contributed by atoms with Crippen molar-refractivity contribution in [1.29, 1.82) is 0 Å². The lowest BCUT2D eigenvalue weighted by Gasteiger charge is -2.32. The minimum Gasteiger partial charge on any atom is -0.384 e. The van der Waals surface area contributed by atoms with Crippen molar-refractivity contribution >= 4 is 17.4 Å². The predicted octanol–water partition coefficient (Wildman–Crippen LogP) is 1.37. The summed E-state index contributed by atoms with van der Waals surface area (Å²) in [6, 6.07) is 13.1. The van der Waals surface area contributed by atoms with Crippen LogP contribution in [0.25, 0.3) is 17.0 Å². The molecule has 0 unspecified atom stereocenters. The van der Waals surface area contributed by atoms with E-state index in [1.165, 1.54) is 0 Å². The van der Waals surface area contributed by atoms with Gasteiger partial charge in [0, 0.05) is 37.3 Å². The minimum atomic E-state index is -0.00781. The molecule has 1 saturated heterocycles. The molecule has 7 nitrogen and oxygen atoms in total. The van der Waals surface area contributed by atoms with E-state index in [1.54, 1.807) is 16.6 Å². The molecule has 25 heavy (non-hydrogen) atoms. The minimum absolute atomic E-state index is 0.00781. The zero-order valence-corrected chi connectivity index (χ0v) is 14.1. The average molecular weight is 336 g/mol. The van der Waals surface area contributed by atoms with Crippen molar-refractivity contribution < 1.29 is 4.79 Å². The summed E-state index contributed by atoms with van der Waals surface area (Å²) in [6.07, 6.45) is 0. The maximum Gasteiger partial charge on any atom is 0.254 e. The maximum atomic E-state index is 12.8. The number of aromatic nitrogens is 3. The highest BCUT2D eigenvalue weighted by Gasteiger charge is 2.22. The van der Waals surface area contributed by atoms with Crippen LogP contribution in [0.2, 0.25) is 0 Å². The van der Waals surface area contributed by atoms with Crippen LogP contribution in [0.4, 0.5) is 5.82 Å². The van der Waals surface area contributed by atoms with Crippen LogP contribution in [0.5, 0.6) is 0 Å². The lowest BCUT2D eigenvalue weighted by atomic mass is 10.2. The Kier molecular flexibility index (Phi) is 3.85. The Morgan fingerprint density at radius 2 is 1.80 bits per heavy atom. The smallest absolute Gasteiger partial charge is 0.254 e. The number of carbonyl (C=O) groups is 1. The number of carbonyl (C=O) groups excluding carboxylic acids is 1. The third-order valence-corrected chi connectivity index (χ3v) is 4.53. The van der Waals surface area contributed by atoms with E-state index < -0.39 is 0 Å². The molecule has 1 fully saturated rings. The number of pyridine rings is 1. The number of hydrogen-bond acceptors (Lipinski definition) is 5. The largest absolute Gasteiger partial charge is 0.384 e. The summed E-state index contributed by atoms with van der Waals surface area (Å²) in [5.41, 5.74) is 8.17. The van der Waals surface area contributed by atoms with Gasteiger partial charge in [-0.2, -0.15) is 4.52 Å². The molecule has 0 radical (unpaired) electrons. The van der Waals surface area contributed by atoms with E-state index in [9.17, 15) is 4.79 Å². The zero-order chi connectivity index (χ0) is 17.4. The highest BCUT2D eigenvalue weighted by atomic mass is 16.2. The average Bonchev–Trinajstić information content (AvgIpc) is 3.07. The van der Waals surface area contributed by atoms with Gasteiger partial charge < -0.3 is 15.5 Å². The van der Waals surface area contributed by atoms with Crippen molar-refractivity contribution in [2.45, 2.75) is 0 Å². The molecule has 1 aromatic carbocycles. The lowest BCUT2D eigenvalue weighted by Crippen LogP contribution is -2.47. The molecule has 1 aliphatic heterocycles. The fraction of sp³-hybridized carbons (Fsp3) is 0.278. The lowest BCUT2D eigenvalue weighted by molar-refractivity contribution is 0.0664. The summed E-state index contributed by atoms with van der Waals surface area (Å²) in [6.45, 7) is 3.21. The molecular weight excluding hydrogens is 316 g/mol. The Hall–Kier alpha value is -2.93. The molecule has 0 saturated carbocycles. The first-order valence-electron chi connectivity index (χ1n) is 8.31. The summed E-state index contributed by atoms with van der Waals surface area (Å²) < 4.78 is 1.57. The van der Waals surface area contributed by atoms with Crippen LogP contribution in [0.15, 0.2) is 42.5 Å². The predicted molar refractivity (Wildman–Crippen MR) is 96.2 cm³/mol. The second-order valence-corrected chi connectivity index (χ2v) is 6.34. The van der Waals surface area contributed by atoms with Crippen molar-refractivity contribution in [3.63, 3.8) is 0 Å². The van der Waals surface area contributed by atoms with Crippen molar-refractivity contribution in [3.05, 3.63) is 48.0 Å². The van der Waals surface area contributed by atoms with Gasteiger partial charge in [-0.1, -0.05) is 30.3 Å². The SMILES string of the molecule is CN1CCN(C(=O)c2cc(N)n3nc(-c4ccccc4)nc3c2)CC1. The normalized spacial score (nSPS) is 15.6. The fourth-order valence-electron chi connectivity index (χ4n) is 3.03. The van der Waals surface area contributed by atoms with Crippen LogP contribution < -0.4 is 5.73 Å². The number of likely N-dealkylation sites (N-methyl/N-ethyl adjacent to an activating group) is 1. The molecule has 3 heterocycles. The molecule has 4 rings (SSSR count). The van der Waals surface area contributed by atoms with Crippen LogP contribution in [-0.4, -0.2) is 63.5 Å². The second-order valence-electron chi connectivity index (χ2n) is 6.34. The van der Waals surface area contributed by atoms with Crippen molar-refractivity contribution in [2.75, 3.05) is 39.0 Å². The summed E-state index contributed by atoms with van der Waals surface area (Å²) in [5, 5.41) is 4.45. The zero-order valence-electron chi connectivity index (χ0n) is 14.1. The van der Waals surface area contributed by atoms with Crippen molar-refractivity contribution in [2.24, 2.45) is 0 Å². The molecule has 1 amide bonds. The molecule has 2 N–H and O–H groups in total. The van der Waals surface area contributed by atoms with E-state index in [2.05, 4.69) is 22.0 Å². The number of piperazine rings is 1. The molecule has 1 aliphatic rings. The molecule has 0 atom stereocenters. The first-order chi connectivity index (χ1) is 12.1. The molecule has 0 bridgehead atoms. The van der Waals surface area contributed by atoms with Crippen LogP contribution in [0.3, 0.4) is 0 Å². The number of hydrogen-bond donors (Lipinski definition) is 1. The van der Waals surface area contributed by atoms with Crippen LogP contribution in [-0.2, 0) is 0 Å². The standard InChI is InChI=1S/C18H20N6O/c1-22-7-9-23(10-8-22)18(25)14-11-15(19)24-16(12-14)20-17(21-24)13-5-3-2-4-6-13/h2-6,11-12H,7-10,19H2,1H3. The van der Waals surface area contributed by atoms with Gasteiger partial charge in [0.05, 0.1) is 0 Å². The number of benzene rings is 1. The number of amides is 1. The van der Waals surface area contributed by atoms with E-state index in [0.717, 1.165) is 31.7 Å². The molecule has 3 aromatic rings. The molecule has 128 valence electrons. The summed E-state index contributed by atoms with van der Waals surface area (Å²) >= 11 is 0. The van der Waals surface area contributed by atoms with Gasteiger partial charge in [-0.25, -0.2) is 4.98 Å². The molecule has 7 heteroatoms. The third-order valence-electron chi connectivity index (χ3n) is 4.53. The van der Waals surface area contributed by atoms with Gasteiger partial charge in [-0.3, -0.25) is 4.79 Å². The number of fused-ring (bicyclic) bond motifs is 1. The highest BCUT2D eigenvalue weighted by Crippen LogP contribution is 2.20. The maximum absolute atomic E-state index is 12.8. The second kappa shape index (κ2) is 6.18.